The molecule has 0 aliphatic heterocycles. The average Bonchev–Trinajstić information content (AvgIpc) is 3.31. The van der Waals surface area contributed by atoms with Gasteiger partial charge in [-0.1, -0.05) is 32.6 Å². The van der Waals surface area contributed by atoms with Crippen molar-refractivity contribution in [3.63, 3.8) is 0 Å². The van der Waals surface area contributed by atoms with Crippen LogP contribution in [-0.4, -0.2) is 35.7 Å². The summed E-state index contributed by atoms with van der Waals surface area (Å²) in [4.78, 5) is 0. The molecule has 1 aromatic heterocycles. The molecule has 3 rings (SSSR count). The van der Waals surface area contributed by atoms with Gasteiger partial charge in [0.2, 0.25) is 0 Å². The number of aromatic nitrogens is 2. The second kappa shape index (κ2) is 12.1. The van der Waals surface area contributed by atoms with E-state index in [1.165, 1.54) is 25.7 Å². The van der Waals surface area contributed by atoms with Gasteiger partial charge in [-0.05, 0) is 67.2 Å². The number of nitrogens with zero attached hydrogens (tertiary/aromatic N) is 2. The second-order valence-electron chi connectivity index (χ2n) is 7.56. The maximum absolute atomic E-state index is 5.40. The summed E-state index contributed by atoms with van der Waals surface area (Å²) in [6.45, 7) is 3.13. The first-order chi connectivity index (χ1) is 15.6. The van der Waals surface area contributed by atoms with Crippen LogP contribution in [0.1, 0.15) is 39.0 Å². The van der Waals surface area contributed by atoms with E-state index in [0.29, 0.717) is 16.6 Å². The molecule has 0 spiro atoms. The van der Waals surface area contributed by atoms with Crippen LogP contribution < -0.4 is 20.1 Å². The SMILES string of the molecule is CCCCCCCNC(=S)Nc1ccc(-n2ccc(-c3ccc(OC)c(OC)c3)n2)cc1. The van der Waals surface area contributed by atoms with Gasteiger partial charge in [0, 0.05) is 24.0 Å². The summed E-state index contributed by atoms with van der Waals surface area (Å²) in [5, 5.41) is 11.9. The molecule has 0 fully saturated rings. The molecule has 32 heavy (non-hydrogen) atoms. The normalized spacial score (nSPS) is 10.6. The predicted octanol–water partition coefficient (Wildman–Crippen LogP) is 5.81. The number of thiocarbonyl (C=S) groups is 1. The van der Waals surface area contributed by atoms with Crippen LogP contribution in [0.2, 0.25) is 0 Å². The van der Waals surface area contributed by atoms with Gasteiger partial charge in [-0.2, -0.15) is 5.10 Å². The number of benzene rings is 2. The zero-order valence-corrected chi connectivity index (χ0v) is 19.9. The Balaban J connectivity index is 1.56. The molecule has 0 saturated heterocycles. The van der Waals surface area contributed by atoms with Crippen LogP contribution >= 0.6 is 12.2 Å². The Morgan fingerprint density at radius 1 is 0.938 bits per heavy atom. The fourth-order valence-corrected chi connectivity index (χ4v) is 3.64. The number of hydrogen-bond acceptors (Lipinski definition) is 4. The molecule has 0 amide bonds. The lowest BCUT2D eigenvalue weighted by atomic mass is 10.1. The van der Waals surface area contributed by atoms with Crippen LogP contribution in [0.15, 0.2) is 54.7 Å². The number of methoxy groups -OCH3 is 2. The topological polar surface area (TPSA) is 60.3 Å². The zero-order valence-electron chi connectivity index (χ0n) is 19.1. The third kappa shape index (κ3) is 6.47. The molecule has 2 aromatic carbocycles. The van der Waals surface area contributed by atoms with E-state index in [2.05, 4.69) is 17.6 Å². The second-order valence-corrected chi connectivity index (χ2v) is 7.97. The standard InChI is InChI=1S/C25H32N4O2S/c1-4-5-6-7-8-16-26-25(32)27-20-10-12-21(13-11-20)29-17-15-22(28-29)19-9-14-23(30-2)24(18-19)31-3/h9-15,17-18H,4-8,16H2,1-3H3,(H2,26,27,32). The van der Waals surface area contributed by atoms with Crippen LogP contribution in [0.4, 0.5) is 5.69 Å². The molecule has 3 aromatic rings. The molecule has 0 unspecified atom stereocenters. The highest BCUT2D eigenvalue weighted by Gasteiger charge is 2.09. The Labute approximate surface area is 195 Å². The summed E-state index contributed by atoms with van der Waals surface area (Å²) in [5.41, 5.74) is 3.74. The fourth-order valence-electron chi connectivity index (χ4n) is 3.42. The third-order valence-corrected chi connectivity index (χ3v) is 5.47. The Morgan fingerprint density at radius 2 is 1.69 bits per heavy atom. The maximum Gasteiger partial charge on any atom is 0.170 e. The van der Waals surface area contributed by atoms with Gasteiger partial charge in [-0.25, -0.2) is 4.68 Å². The number of ether oxygens (including phenoxy) is 2. The largest absolute Gasteiger partial charge is 0.493 e. The van der Waals surface area contributed by atoms with Crippen LogP contribution in [-0.2, 0) is 0 Å². The molecule has 2 N–H and O–H groups in total. The van der Waals surface area contributed by atoms with Crippen molar-refractivity contribution in [1.29, 1.82) is 0 Å². The molecule has 0 saturated carbocycles. The highest BCUT2D eigenvalue weighted by atomic mass is 32.1. The molecule has 0 bridgehead atoms. The summed E-state index contributed by atoms with van der Waals surface area (Å²) >= 11 is 5.40. The lowest BCUT2D eigenvalue weighted by Crippen LogP contribution is -2.29. The first-order valence-electron chi connectivity index (χ1n) is 11.1. The number of unbranched alkanes of at least 4 members (excludes halogenated alkanes) is 4. The Hall–Kier alpha value is -3.06. The van der Waals surface area contributed by atoms with Crippen LogP contribution in [0, 0.1) is 0 Å². The summed E-state index contributed by atoms with van der Waals surface area (Å²) in [6.07, 6.45) is 8.19. The van der Waals surface area contributed by atoms with Crippen molar-refractivity contribution in [3.05, 3.63) is 54.7 Å². The molecule has 6 nitrogen and oxygen atoms in total. The minimum Gasteiger partial charge on any atom is -0.493 e. The number of hydrogen-bond donors (Lipinski definition) is 2. The monoisotopic (exact) mass is 452 g/mol. The van der Waals surface area contributed by atoms with Gasteiger partial charge in [0.1, 0.15) is 0 Å². The molecule has 170 valence electrons. The summed E-state index contributed by atoms with van der Waals surface area (Å²) in [7, 11) is 3.26. The van der Waals surface area contributed by atoms with E-state index in [0.717, 1.165) is 35.6 Å². The van der Waals surface area contributed by atoms with E-state index >= 15 is 0 Å². The van der Waals surface area contributed by atoms with E-state index in [9.17, 15) is 0 Å². The Bertz CT molecular complexity index is 1000. The van der Waals surface area contributed by atoms with Gasteiger partial charge < -0.3 is 20.1 Å². The summed E-state index contributed by atoms with van der Waals surface area (Å²) < 4.78 is 12.6. The van der Waals surface area contributed by atoms with Crippen molar-refractivity contribution in [2.45, 2.75) is 39.0 Å². The van der Waals surface area contributed by atoms with Crippen molar-refractivity contribution in [1.82, 2.24) is 15.1 Å². The van der Waals surface area contributed by atoms with Crippen LogP contribution in [0.5, 0.6) is 11.5 Å². The van der Waals surface area contributed by atoms with E-state index in [-0.39, 0.29) is 0 Å². The quantitative estimate of drug-likeness (QED) is 0.283. The maximum atomic E-state index is 5.40. The van der Waals surface area contributed by atoms with Gasteiger partial charge >= 0.3 is 0 Å². The number of rotatable bonds is 11. The molecule has 0 atom stereocenters. The third-order valence-electron chi connectivity index (χ3n) is 5.22. The van der Waals surface area contributed by atoms with Crippen molar-refractivity contribution in [3.8, 4) is 28.4 Å². The van der Waals surface area contributed by atoms with Gasteiger partial charge in [0.15, 0.2) is 16.6 Å². The minimum atomic E-state index is 0.656. The smallest absolute Gasteiger partial charge is 0.170 e. The predicted molar refractivity (Wildman–Crippen MR) is 135 cm³/mol. The molecule has 0 aliphatic carbocycles. The van der Waals surface area contributed by atoms with Crippen molar-refractivity contribution >= 4 is 23.0 Å². The van der Waals surface area contributed by atoms with Crippen molar-refractivity contribution in [2.24, 2.45) is 0 Å². The van der Waals surface area contributed by atoms with Crippen LogP contribution in [0.3, 0.4) is 0 Å². The lowest BCUT2D eigenvalue weighted by molar-refractivity contribution is 0.355. The Morgan fingerprint density at radius 3 is 2.41 bits per heavy atom. The summed E-state index contributed by atoms with van der Waals surface area (Å²) in [5.74, 6) is 1.38. The highest BCUT2D eigenvalue weighted by molar-refractivity contribution is 7.80. The first-order valence-corrected chi connectivity index (χ1v) is 11.5. The highest BCUT2D eigenvalue weighted by Crippen LogP contribution is 2.31. The van der Waals surface area contributed by atoms with Gasteiger partial charge in [-0.3, -0.25) is 0 Å². The van der Waals surface area contributed by atoms with E-state index < -0.39 is 0 Å². The zero-order chi connectivity index (χ0) is 22.8. The molecule has 0 aliphatic rings. The van der Waals surface area contributed by atoms with E-state index in [4.69, 9.17) is 26.8 Å². The van der Waals surface area contributed by atoms with Gasteiger partial charge in [-0.15, -0.1) is 0 Å². The van der Waals surface area contributed by atoms with Gasteiger partial charge in [0.05, 0.1) is 25.6 Å². The number of anilines is 1. The average molecular weight is 453 g/mol. The molecular formula is C25H32N4O2S. The Kier molecular flexibility index (Phi) is 8.92. The fraction of sp³-hybridized carbons (Fsp3) is 0.360. The number of nitrogens with one attached hydrogen (secondary N) is 2. The van der Waals surface area contributed by atoms with E-state index in [1.807, 2.05) is 59.4 Å². The summed E-state index contributed by atoms with van der Waals surface area (Å²) in [6, 6.07) is 15.8. The molecule has 1 heterocycles. The molecular weight excluding hydrogens is 420 g/mol. The van der Waals surface area contributed by atoms with Gasteiger partial charge in [0.25, 0.3) is 0 Å². The van der Waals surface area contributed by atoms with E-state index in [1.54, 1.807) is 14.2 Å². The van der Waals surface area contributed by atoms with Crippen LogP contribution in [0.25, 0.3) is 16.9 Å². The molecule has 0 radical (unpaired) electrons. The van der Waals surface area contributed by atoms with Crippen molar-refractivity contribution in [2.75, 3.05) is 26.1 Å². The minimum absolute atomic E-state index is 0.656. The van der Waals surface area contributed by atoms with Crippen molar-refractivity contribution < 1.29 is 9.47 Å². The first kappa shape index (κ1) is 23.6. The lowest BCUT2D eigenvalue weighted by Gasteiger charge is -2.11. The molecule has 7 heteroatoms.